The Bertz CT molecular complexity index is 1370. The highest BCUT2D eigenvalue weighted by molar-refractivity contribution is 7.68. The number of rotatable bonds is 7. The van der Waals surface area contributed by atoms with Crippen LogP contribution in [0.2, 0.25) is 0 Å². The van der Waals surface area contributed by atoms with Gasteiger partial charge in [-0.25, -0.2) is 4.98 Å². The number of aryl methyl sites for hydroxylation is 1. The van der Waals surface area contributed by atoms with E-state index in [0.29, 0.717) is 23.1 Å². The molecule has 0 spiro atoms. The van der Waals surface area contributed by atoms with Crippen LogP contribution in [0.5, 0.6) is 0 Å². The molecule has 0 radical (unpaired) electrons. The van der Waals surface area contributed by atoms with Crippen LogP contribution in [0, 0.1) is 24.7 Å². The maximum atomic E-state index is 14.5. The SMILES string of the molecule is Cc1ccc2nc(-c3ccc(NP(=O)(OC4CC(C)CCC4C(C)C)c4ccccc4)cc3)sc2c1. The van der Waals surface area contributed by atoms with Crippen molar-refractivity contribution in [2.75, 3.05) is 5.09 Å². The zero-order valence-electron chi connectivity index (χ0n) is 21.5. The standard InChI is InChI=1S/C30H35N2O2PS/c1-20(2)26-16-10-21(3)18-28(26)34-35(33,25-8-6-5-7-9-25)32-24-14-12-23(13-15-24)30-31-27-17-11-22(4)19-29(27)36-30/h5-9,11-15,17,19-21,26,28H,10,16,18H2,1-4H3,(H,32,33). The topological polar surface area (TPSA) is 51.2 Å². The molecule has 0 aliphatic heterocycles. The molecule has 188 valence electrons. The molecule has 6 heteroatoms. The molecular formula is C30H35N2O2PS. The highest BCUT2D eigenvalue weighted by Gasteiger charge is 2.38. The van der Waals surface area contributed by atoms with E-state index in [1.807, 2.05) is 54.6 Å². The molecule has 1 aliphatic rings. The van der Waals surface area contributed by atoms with Crippen molar-refractivity contribution in [3.05, 3.63) is 78.4 Å². The number of thiazole rings is 1. The number of nitrogens with zero attached hydrogens (tertiary/aromatic N) is 1. The maximum absolute atomic E-state index is 14.5. The summed E-state index contributed by atoms with van der Waals surface area (Å²) in [7, 11) is -3.34. The Labute approximate surface area is 218 Å². The summed E-state index contributed by atoms with van der Waals surface area (Å²) < 4.78 is 22.3. The smallest absolute Gasteiger partial charge is 0.312 e. The van der Waals surface area contributed by atoms with Crippen molar-refractivity contribution in [2.24, 2.45) is 17.8 Å². The number of fused-ring (bicyclic) bond motifs is 1. The first kappa shape index (κ1) is 25.2. The Hall–Kier alpha value is -2.46. The van der Waals surface area contributed by atoms with Crippen LogP contribution < -0.4 is 10.4 Å². The number of aromatic nitrogens is 1. The van der Waals surface area contributed by atoms with E-state index in [4.69, 9.17) is 9.51 Å². The number of anilines is 1. The quantitative estimate of drug-likeness (QED) is 0.249. The average molecular weight is 519 g/mol. The van der Waals surface area contributed by atoms with Gasteiger partial charge in [0, 0.05) is 11.3 Å². The van der Waals surface area contributed by atoms with Gasteiger partial charge in [0.1, 0.15) is 5.01 Å². The predicted octanol–water partition coefficient (Wildman–Crippen LogP) is 8.68. The van der Waals surface area contributed by atoms with Crippen molar-refractivity contribution in [3.63, 3.8) is 0 Å². The third-order valence-electron chi connectivity index (χ3n) is 7.29. The maximum Gasteiger partial charge on any atom is 0.324 e. The molecule has 4 nitrogen and oxygen atoms in total. The van der Waals surface area contributed by atoms with E-state index >= 15 is 0 Å². The summed E-state index contributed by atoms with van der Waals surface area (Å²) in [4.78, 5) is 4.80. The van der Waals surface area contributed by atoms with Gasteiger partial charge < -0.3 is 9.61 Å². The summed E-state index contributed by atoms with van der Waals surface area (Å²) in [6.07, 6.45) is 3.24. The third kappa shape index (κ3) is 5.44. The van der Waals surface area contributed by atoms with E-state index in [1.54, 1.807) is 11.3 Å². The van der Waals surface area contributed by atoms with Gasteiger partial charge in [0.2, 0.25) is 0 Å². The van der Waals surface area contributed by atoms with Gasteiger partial charge >= 0.3 is 7.52 Å². The van der Waals surface area contributed by atoms with Gasteiger partial charge in [-0.05, 0) is 91.6 Å². The molecule has 4 unspecified atom stereocenters. The van der Waals surface area contributed by atoms with Crippen LogP contribution in [0.1, 0.15) is 45.6 Å². The van der Waals surface area contributed by atoms with Gasteiger partial charge in [0.25, 0.3) is 0 Å². The molecule has 36 heavy (non-hydrogen) atoms. The van der Waals surface area contributed by atoms with Crippen molar-refractivity contribution in [3.8, 4) is 10.6 Å². The zero-order valence-corrected chi connectivity index (χ0v) is 23.2. The van der Waals surface area contributed by atoms with E-state index in [2.05, 4.69) is 51.0 Å². The molecule has 3 aromatic carbocycles. The minimum absolute atomic E-state index is 0.0298. The summed E-state index contributed by atoms with van der Waals surface area (Å²) in [5, 5.41) is 5.01. The fourth-order valence-corrected chi connectivity index (χ4v) is 8.27. The van der Waals surface area contributed by atoms with E-state index in [1.165, 1.54) is 16.7 Å². The molecule has 1 N–H and O–H groups in total. The van der Waals surface area contributed by atoms with E-state index in [-0.39, 0.29) is 6.10 Å². The second-order valence-corrected chi connectivity index (χ2v) is 13.6. The molecule has 4 atom stereocenters. The van der Waals surface area contributed by atoms with Gasteiger partial charge in [-0.2, -0.15) is 0 Å². The fraction of sp³-hybridized carbons (Fsp3) is 0.367. The van der Waals surface area contributed by atoms with Crippen molar-refractivity contribution in [1.82, 2.24) is 4.98 Å². The van der Waals surface area contributed by atoms with Crippen LogP contribution in [0.25, 0.3) is 20.8 Å². The normalized spacial score (nSPS) is 22.0. The van der Waals surface area contributed by atoms with Crippen molar-refractivity contribution in [1.29, 1.82) is 0 Å². The highest BCUT2D eigenvalue weighted by atomic mass is 32.1. The van der Waals surface area contributed by atoms with Crippen LogP contribution in [0.4, 0.5) is 5.69 Å². The van der Waals surface area contributed by atoms with Crippen molar-refractivity contribution in [2.45, 2.75) is 53.1 Å². The van der Waals surface area contributed by atoms with Crippen LogP contribution in [0.15, 0.2) is 72.8 Å². The number of benzene rings is 3. The number of hydrogen-bond donors (Lipinski definition) is 1. The second kappa shape index (κ2) is 10.5. The summed E-state index contributed by atoms with van der Waals surface area (Å²) >= 11 is 1.70. The first-order chi connectivity index (χ1) is 17.3. The van der Waals surface area contributed by atoms with Gasteiger partial charge in [0.05, 0.1) is 21.6 Å². The van der Waals surface area contributed by atoms with Crippen LogP contribution in [-0.2, 0) is 9.09 Å². The molecule has 1 saturated carbocycles. The Morgan fingerprint density at radius 3 is 2.50 bits per heavy atom. The third-order valence-corrected chi connectivity index (χ3v) is 10.5. The summed E-state index contributed by atoms with van der Waals surface area (Å²) in [5.41, 5.74) is 4.09. The molecule has 1 aromatic heterocycles. The monoisotopic (exact) mass is 518 g/mol. The minimum Gasteiger partial charge on any atom is -0.312 e. The van der Waals surface area contributed by atoms with Gasteiger partial charge in [-0.3, -0.25) is 4.57 Å². The predicted molar refractivity (Wildman–Crippen MR) is 153 cm³/mol. The Balaban J connectivity index is 1.42. The molecule has 0 saturated heterocycles. The fourth-order valence-electron chi connectivity index (χ4n) is 5.22. The Kier molecular flexibility index (Phi) is 7.35. The summed E-state index contributed by atoms with van der Waals surface area (Å²) in [6.45, 7) is 8.87. The lowest BCUT2D eigenvalue weighted by Crippen LogP contribution is -2.35. The number of hydrogen-bond acceptors (Lipinski definition) is 4. The summed E-state index contributed by atoms with van der Waals surface area (Å²) in [5.74, 6) is 1.47. The second-order valence-electron chi connectivity index (χ2n) is 10.5. The van der Waals surface area contributed by atoms with Gasteiger partial charge in [-0.1, -0.05) is 51.5 Å². The Morgan fingerprint density at radius 1 is 1.03 bits per heavy atom. The van der Waals surface area contributed by atoms with Crippen LogP contribution in [0.3, 0.4) is 0 Å². The molecule has 4 aromatic rings. The largest absolute Gasteiger partial charge is 0.324 e. The first-order valence-electron chi connectivity index (χ1n) is 12.9. The van der Waals surface area contributed by atoms with Crippen molar-refractivity contribution >= 4 is 40.1 Å². The van der Waals surface area contributed by atoms with Crippen LogP contribution in [-0.4, -0.2) is 11.1 Å². The lowest BCUT2D eigenvalue weighted by Gasteiger charge is -2.39. The molecule has 5 rings (SSSR count). The number of nitrogens with one attached hydrogen (secondary N) is 1. The average Bonchev–Trinajstić information content (AvgIpc) is 3.28. The lowest BCUT2D eigenvalue weighted by molar-refractivity contribution is 0.0506. The molecular weight excluding hydrogens is 483 g/mol. The van der Waals surface area contributed by atoms with E-state index in [0.717, 1.165) is 34.6 Å². The van der Waals surface area contributed by atoms with Crippen LogP contribution >= 0.6 is 18.9 Å². The van der Waals surface area contributed by atoms with E-state index < -0.39 is 7.52 Å². The van der Waals surface area contributed by atoms with Gasteiger partial charge in [0.15, 0.2) is 0 Å². The lowest BCUT2D eigenvalue weighted by atomic mass is 9.75. The molecule has 0 bridgehead atoms. The molecule has 0 amide bonds. The molecule has 1 fully saturated rings. The Morgan fingerprint density at radius 2 is 1.78 bits per heavy atom. The van der Waals surface area contributed by atoms with Crippen molar-refractivity contribution < 1.29 is 9.09 Å². The minimum atomic E-state index is -3.34. The van der Waals surface area contributed by atoms with Gasteiger partial charge in [-0.15, -0.1) is 11.3 Å². The molecule has 1 aliphatic carbocycles. The summed E-state index contributed by atoms with van der Waals surface area (Å²) in [6, 6.07) is 24.0. The zero-order chi connectivity index (χ0) is 25.3. The molecule has 1 heterocycles. The van der Waals surface area contributed by atoms with E-state index in [9.17, 15) is 4.57 Å². The first-order valence-corrected chi connectivity index (χ1v) is 15.3. The highest BCUT2D eigenvalue weighted by Crippen LogP contribution is 2.51.